The minimum atomic E-state index is -1.26. The summed E-state index contributed by atoms with van der Waals surface area (Å²) < 4.78 is 13.6. The highest BCUT2D eigenvalue weighted by atomic mass is 19.1. The number of benzene rings is 1. The molecule has 1 aromatic carbocycles. The van der Waals surface area contributed by atoms with Gasteiger partial charge in [-0.3, -0.25) is 4.79 Å². The van der Waals surface area contributed by atoms with Crippen LogP contribution in [0.3, 0.4) is 0 Å². The molecular weight excluding hydrogens is 237 g/mol. The Hall–Kier alpha value is -2.35. The summed E-state index contributed by atoms with van der Waals surface area (Å²) in [4.78, 5) is 22.5. The highest BCUT2D eigenvalue weighted by Gasteiger charge is 2.21. The number of carbonyl (C=O) groups is 2. The molecule has 0 saturated heterocycles. The second kappa shape index (κ2) is 5.82. The van der Waals surface area contributed by atoms with Gasteiger partial charge in [-0.1, -0.05) is 12.1 Å². The van der Waals surface area contributed by atoms with Gasteiger partial charge in [0.1, 0.15) is 11.9 Å². The van der Waals surface area contributed by atoms with Gasteiger partial charge in [0.25, 0.3) is 5.91 Å². The number of terminal acetylenes is 1. The van der Waals surface area contributed by atoms with Crippen molar-refractivity contribution in [1.82, 2.24) is 5.32 Å². The Morgan fingerprint density at radius 1 is 1.56 bits per heavy atom. The van der Waals surface area contributed by atoms with Gasteiger partial charge in [-0.15, -0.1) is 12.3 Å². The van der Waals surface area contributed by atoms with Crippen molar-refractivity contribution in [3.05, 3.63) is 35.1 Å². The number of carbonyl (C=O) groups excluding carboxylic acids is 1. The van der Waals surface area contributed by atoms with Crippen LogP contribution >= 0.6 is 0 Å². The van der Waals surface area contributed by atoms with Gasteiger partial charge < -0.3 is 10.4 Å². The zero-order valence-electron chi connectivity index (χ0n) is 9.74. The quantitative estimate of drug-likeness (QED) is 0.791. The van der Waals surface area contributed by atoms with E-state index in [1.807, 2.05) is 0 Å². The van der Waals surface area contributed by atoms with Gasteiger partial charge in [-0.05, 0) is 18.6 Å². The number of carboxylic acids is 1. The number of rotatable bonds is 4. The summed E-state index contributed by atoms with van der Waals surface area (Å²) in [6.07, 6.45) is 4.84. The van der Waals surface area contributed by atoms with E-state index in [1.54, 1.807) is 0 Å². The maximum Gasteiger partial charge on any atom is 0.327 e. The van der Waals surface area contributed by atoms with Crippen LogP contribution in [-0.2, 0) is 4.79 Å². The van der Waals surface area contributed by atoms with Crippen LogP contribution in [0.1, 0.15) is 22.3 Å². The van der Waals surface area contributed by atoms with Crippen molar-refractivity contribution in [1.29, 1.82) is 0 Å². The van der Waals surface area contributed by atoms with E-state index in [0.29, 0.717) is 5.56 Å². The third kappa shape index (κ3) is 3.08. The SMILES string of the molecule is C#CCC(NC(=O)c1cccc(C)c1F)C(=O)O. The highest BCUT2D eigenvalue weighted by Crippen LogP contribution is 2.12. The highest BCUT2D eigenvalue weighted by molar-refractivity contribution is 5.97. The van der Waals surface area contributed by atoms with Crippen molar-refractivity contribution in [3.63, 3.8) is 0 Å². The third-order valence-corrected chi connectivity index (χ3v) is 2.36. The Morgan fingerprint density at radius 3 is 2.78 bits per heavy atom. The molecule has 18 heavy (non-hydrogen) atoms. The number of amides is 1. The van der Waals surface area contributed by atoms with Crippen molar-refractivity contribution >= 4 is 11.9 Å². The van der Waals surface area contributed by atoms with Crippen molar-refractivity contribution in [2.45, 2.75) is 19.4 Å². The van der Waals surface area contributed by atoms with E-state index in [2.05, 4.69) is 11.2 Å². The summed E-state index contributed by atoms with van der Waals surface area (Å²) in [5, 5.41) is 11.0. The van der Waals surface area contributed by atoms with Crippen molar-refractivity contribution in [2.24, 2.45) is 0 Å². The first kappa shape index (κ1) is 13.7. The fraction of sp³-hybridized carbons (Fsp3) is 0.231. The normalized spacial score (nSPS) is 11.4. The standard InChI is InChI=1S/C13H12FNO3/c1-3-5-10(13(17)18)15-12(16)9-7-4-6-8(2)11(9)14/h1,4,6-7,10H,5H2,2H3,(H,15,16)(H,17,18). The van der Waals surface area contributed by atoms with Gasteiger partial charge in [0.15, 0.2) is 0 Å². The van der Waals surface area contributed by atoms with Gasteiger partial charge in [0.2, 0.25) is 0 Å². The molecule has 0 aliphatic rings. The fourth-order valence-corrected chi connectivity index (χ4v) is 1.38. The van der Waals surface area contributed by atoms with E-state index in [4.69, 9.17) is 11.5 Å². The lowest BCUT2D eigenvalue weighted by Crippen LogP contribution is -2.40. The lowest BCUT2D eigenvalue weighted by Gasteiger charge is -2.12. The number of nitrogens with one attached hydrogen (secondary N) is 1. The predicted octanol–water partition coefficient (Wildman–Crippen LogP) is 1.34. The van der Waals surface area contributed by atoms with E-state index in [0.717, 1.165) is 0 Å². The zero-order chi connectivity index (χ0) is 13.7. The molecule has 0 aromatic heterocycles. The molecule has 0 saturated carbocycles. The maximum atomic E-state index is 13.6. The largest absolute Gasteiger partial charge is 0.480 e. The molecule has 0 spiro atoms. The van der Waals surface area contributed by atoms with Crippen LogP contribution in [0.4, 0.5) is 4.39 Å². The average Bonchev–Trinajstić information content (AvgIpc) is 2.31. The first-order chi connectivity index (χ1) is 8.47. The number of aryl methyl sites for hydroxylation is 1. The fourth-order valence-electron chi connectivity index (χ4n) is 1.38. The Bertz CT molecular complexity index is 519. The third-order valence-electron chi connectivity index (χ3n) is 2.36. The smallest absolute Gasteiger partial charge is 0.327 e. The Morgan fingerprint density at radius 2 is 2.22 bits per heavy atom. The van der Waals surface area contributed by atoms with Gasteiger partial charge in [0, 0.05) is 6.42 Å². The Kier molecular flexibility index (Phi) is 4.44. The second-order valence-corrected chi connectivity index (χ2v) is 3.71. The number of aliphatic carboxylic acids is 1. The first-order valence-corrected chi connectivity index (χ1v) is 5.19. The molecule has 0 aliphatic heterocycles. The molecule has 0 aliphatic carbocycles. The van der Waals surface area contributed by atoms with Crippen LogP contribution < -0.4 is 5.32 Å². The molecule has 0 radical (unpaired) electrons. The minimum absolute atomic E-state index is 0.158. The van der Waals surface area contributed by atoms with Crippen molar-refractivity contribution in [3.8, 4) is 12.3 Å². The summed E-state index contributed by atoms with van der Waals surface area (Å²) in [6.45, 7) is 1.52. The number of hydrogen-bond donors (Lipinski definition) is 2. The summed E-state index contributed by atoms with van der Waals surface area (Å²) >= 11 is 0. The second-order valence-electron chi connectivity index (χ2n) is 3.71. The molecule has 0 heterocycles. The minimum Gasteiger partial charge on any atom is -0.480 e. The van der Waals surface area contributed by atoms with E-state index >= 15 is 0 Å². The van der Waals surface area contributed by atoms with Crippen LogP contribution in [-0.4, -0.2) is 23.0 Å². The summed E-state index contributed by atoms with van der Waals surface area (Å²) in [5.74, 6) is -0.572. The van der Waals surface area contributed by atoms with Gasteiger partial charge in [0.05, 0.1) is 5.56 Å². The van der Waals surface area contributed by atoms with Crippen LogP contribution in [0.25, 0.3) is 0 Å². The molecule has 4 nitrogen and oxygen atoms in total. The molecule has 5 heteroatoms. The lowest BCUT2D eigenvalue weighted by atomic mass is 10.1. The molecule has 0 fully saturated rings. The number of halogens is 1. The maximum absolute atomic E-state index is 13.6. The average molecular weight is 249 g/mol. The van der Waals surface area contributed by atoms with Gasteiger partial charge >= 0.3 is 5.97 Å². The first-order valence-electron chi connectivity index (χ1n) is 5.19. The van der Waals surface area contributed by atoms with Crippen molar-refractivity contribution in [2.75, 3.05) is 0 Å². The van der Waals surface area contributed by atoms with Gasteiger partial charge in [-0.25, -0.2) is 9.18 Å². The van der Waals surface area contributed by atoms with Crippen molar-refractivity contribution < 1.29 is 19.1 Å². The summed E-state index contributed by atoms with van der Waals surface area (Å²) in [6, 6.07) is 3.10. The molecule has 1 amide bonds. The Balaban J connectivity index is 2.91. The van der Waals surface area contributed by atoms with E-state index in [-0.39, 0.29) is 12.0 Å². The van der Waals surface area contributed by atoms with E-state index in [9.17, 15) is 14.0 Å². The Labute approximate surface area is 104 Å². The van der Waals surface area contributed by atoms with Crippen LogP contribution in [0, 0.1) is 25.1 Å². The lowest BCUT2D eigenvalue weighted by molar-refractivity contribution is -0.139. The van der Waals surface area contributed by atoms with Gasteiger partial charge in [-0.2, -0.15) is 0 Å². The molecule has 2 N–H and O–H groups in total. The van der Waals surface area contributed by atoms with E-state index in [1.165, 1.54) is 25.1 Å². The van der Waals surface area contributed by atoms with Crippen LogP contribution in [0.5, 0.6) is 0 Å². The summed E-state index contributed by atoms with van der Waals surface area (Å²) in [5.41, 5.74) is 0.116. The molecule has 1 rings (SSSR count). The molecule has 1 aromatic rings. The molecular formula is C13H12FNO3. The van der Waals surface area contributed by atoms with E-state index < -0.39 is 23.7 Å². The molecule has 1 unspecified atom stereocenters. The summed E-state index contributed by atoms with van der Waals surface area (Å²) in [7, 11) is 0. The monoisotopic (exact) mass is 249 g/mol. The number of carboxylic acid groups (broad SMARTS) is 1. The topological polar surface area (TPSA) is 66.4 Å². The molecule has 0 bridgehead atoms. The van der Waals surface area contributed by atoms with Crippen LogP contribution in [0.2, 0.25) is 0 Å². The zero-order valence-corrected chi connectivity index (χ0v) is 9.74. The predicted molar refractivity (Wildman–Crippen MR) is 63.5 cm³/mol. The number of hydrogen-bond acceptors (Lipinski definition) is 2. The van der Waals surface area contributed by atoms with Crippen LogP contribution in [0.15, 0.2) is 18.2 Å². The molecule has 1 atom stereocenters. The molecule has 94 valence electrons.